The van der Waals surface area contributed by atoms with E-state index in [1.165, 1.54) is 5.56 Å². The molecule has 0 heterocycles. The summed E-state index contributed by atoms with van der Waals surface area (Å²) in [6.45, 7) is 1.96. The van der Waals surface area contributed by atoms with Crippen molar-refractivity contribution in [2.75, 3.05) is 24.3 Å². The molecule has 0 saturated carbocycles. The number of anilines is 2. The lowest BCUT2D eigenvalue weighted by Gasteiger charge is -2.16. The summed E-state index contributed by atoms with van der Waals surface area (Å²) < 4.78 is 0. The van der Waals surface area contributed by atoms with Gasteiger partial charge in [0.05, 0.1) is 0 Å². The Morgan fingerprint density at radius 1 is 1.10 bits per heavy atom. The first-order valence-electron chi connectivity index (χ1n) is 7.18. The van der Waals surface area contributed by atoms with E-state index in [4.69, 9.17) is 0 Å². The van der Waals surface area contributed by atoms with E-state index in [1.807, 2.05) is 68.4 Å². The second kappa shape index (κ2) is 6.93. The van der Waals surface area contributed by atoms with Crippen molar-refractivity contribution >= 4 is 17.3 Å². The molecule has 3 nitrogen and oxygen atoms in total. The molecule has 2 aromatic rings. The second-order valence-electron chi connectivity index (χ2n) is 5.52. The number of rotatable bonds is 5. The molecule has 0 aliphatic carbocycles. The lowest BCUT2D eigenvalue weighted by Crippen LogP contribution is -2.22. The van der Waals surface area contributed by atoms with Gasteiger partial charge in [0, 0.05) is 31.4 Å². The van der Waals surface area contributed by atoms with Crippen molar-refractivity contribution in [2.45, 2.75) is 13.3 Å². The third kappa shape index (κ3) is 4.35. The lowest BCUT2D eigenvalue weighted by molar-refractivity contribution is -0.119. The highest BCUT2D eigenvalue weighted by Crippen LogP contribution is 2.18. The first kappa shape index (κ1) is 15.1. The van der Waals surface area contributed by atoms with Crippen molar-refractivity contribution in [3.05, 3.63) is 60.2 Å². The smallest absolute Gasteiger partial charge is 0.227 e. The molecule has 1 atom stereocenters. The van der Waals surface area contributed by atoms with Crippen LogP contribution in [0.25, 0.3) is 0 Å². The van der Waals surface area contributed by atoms with E-state index in [9.17, 15) is 4.79 Å². The third-order valence-electron chi connectivity index (χ3n) is 3.46. The summed E-state index contributed by atoms with van der Waals surface area (Å²) in [6.07, 6.45) is 0.750. The molecule has 3 heteroatoms. The molecule has 110 valence electrons. The van der Waals surface area contributed by atoms with Gasteiger partial charge in [-0.2, -0.15) is 0 Å². The summed E-state index contributed by atoms with van der Waals surface area (Å²) in [5.41, 5.74) is 3.09. The SMILES string of the molecule is CC(Cc1ccccc1)C(=O)Nc1cccc(N(C)C)c1. The molecule has 0 aromatic heterocycles. The molecule has 21 heavy (non-hydrogen) atoms. The van der Waals surface area contributed by atoms with Crippen LogP contribution >= 0.6 is 0 Å². The molecule has 0 bridgehead atoms. The average molecular weight is 282 g/mol. The Kier molecular flexibility index (Phi) is 4.99. The van der Waals surface area contributed by atoms with Gasteiger partial charge in [-0.05, 0) is 30.2 Å². The number of hydrogen-bond donors (Lipinski definition) is 1. The van der Waals surface area contributed by atoms with Gasteiger partial charge in [-0.15, -0.1) is 0 Å². The summed E-state index contributed by atoms with van der Waals surface area (Å²) in [4.78, 5) is 14.3. The summed E-state index contributed by atoms with van der Waals surface area (Å²) in [5, 5.41) is 2.99. The molecule has 1 N–H and O–H groups in total. The minimum absolute atomic E-state index is 0.0507. The molecule has 2 rings (SSSR count). The normalized spacial score (nSPS) is 11.8. The number of carbonyl (C=O) groups is 1. The molecular formula is C18H22N2O. The minimum atomic E-state index is -0.0598. The number of amides is 1. The van der Waals surface area contributed by atoms with Gasteiger partial charge in [-0.1, -0.05) is 43.3 Å². The molecular weight excluding hydrogens is 260 g/mol. The van der Waals surface area contributed by atoms with Crippen LogP contribution in [0.3, 0.4) is 0 Å². The van der Waals surface area contributed by atoms with E-state index in [-0.39, 0.29) is 11.8 Å². The van der Waals surface area contributed by atoms with Crippen LogP contribution in [-0.4, -0.2) is 20.0 Å². The van der Waals surface area contributed by atoms with Gasteiger partial charge in [0.15, 0.2) is 0 Å². The Morgan fingerprint density at radius 2 is 1.81 bits per heavy atom. The number of benzene rings is 2. The summed E-state index contributed by atoms with van der Waals surface area (Å²) in [6, 6.07) is 18.0. The van der Waals surface area contributed by atoms with Crippen LogP contribution < -0.4 is 10.2 Å². The van der Waals surface area contributed by atoms with Crippen LogP contribution in [0.2, 0.25) is 0 Å². The molecule has 0 fully saturated rings. The van der Waals surface area contributed by atoms with E-state index >= 15 is 0 Å². The second-order valence-corrected chi connectivity index (χ2v) is 5.52. The van der Waals surface area contributed by atoms with Gasteiger partial charge in [0.25, 0.3) is 0 Å². The van der Waals surface area contributed by atoms with E-state index < -0.39 is 0 Å². The molecule has 0 aliphatic heterocycles. The summed E-state index contributed by atoms with van der Waals surface area (Å²) in [5.74, 6) is -0.00910. The van der Waals surface area contributed by atoms with Gasteiger partial charge in [-0.3, -0.25) is 4.79 Å². The Balaban J connectivity index is 1.99. The molecule has 0 saturated heterocycles. The standard InChI is InChI=1S/C18H22N2O/c1-14(12-15-8-5-4-6-9-15)18(21)19-16-10-7-11-17(13-16)20(2)3/h4-11,13-14H,12H2,1-3H3,(H,19,21). The van der Waals surface area contributed by atoms with E-state index in [0.717, 1.165) is 17.8 Å². The van der Waals surface area contributed by atoms with Crippen LogP contribution in [0.1, 0.15) is 12.5 Å². The van der Waals surface area contributed by atoms with Crippen molar-refractivity contribution in [1.82, 2.24) is 0 Å². The molecule has 2 aromatic carbocycles. The van der Waals surface area contributed by atoms with Gasteiger partial charge >= 0.3 is 0 Å². The summed E-state index contributed by atoms with van der Waals surface area (Å²) >= 11 is 0. The zero-order chi connectivity index (χ0) is 15.2. The Hall–Kier alpha value is -2.29. The van der Waals surface area contributed by atoms with Crippen LogP contribution in [0, 0.1) is 5.92 Å². The topological polar surface area (TPSA) is 32.3 Å². The highest BCUT2D eigenvalue weighted by atomic mass is 16.1. The van der Waals surface area contributed by atoms with Crippen LogP contribution in [0.5, 0.6) is 0 Å². The fourth-order valence-electron chi connectivity index (χ4n) is 2.19. The fourth-order valence-corrected chi connectivity index (χ4v) is 2.19. The average Bonchev–Trinajstić information content (AvgIpc) is 2.48. The Labute approximate surface area is 126 Å². The fraction of sp³-hybridized carbons (Fsp3) is 0.278. The molecule has 1 amide bonds. The van der Waals surface area contributed by atoms with Crippen LogP contribution in [-0.2, 0) is 11.2 Å². The molecule has 1 unspecified atom stereocenters. The Bertz CT molecular complexity index is 593. The first-order valence-corrected chi connectivity index (χ1v) is 7.18. The molecule has 0 spiro atoms. The Morgan fingerprint density at radius 3 is 2.48 bits per heavy atom. The maximum atomic E-state index is 12.3. The number of nitrogens with one attached hydrogen (secondary N) is 1. The van der Waals surface area contributed by atoms with Crippen LogP contribution in [0.4, 0.5) is 11.4 Å². The highest BCUT2D eigenvalue weighted by molar-refractivity contribution is 5.92. The van der Waals surface area contributed by atoms with E-state index in [0.29, 0.717) is 0 Å². The van der Waals surface area contributed by atoms with Gasteiger partial charge in [0.2, 0.25) is 5.91 Å². The third-order valence-corrected chi connectivity index (χ3v) is 3.46. The number of nitrogens with zero attached hydrogens (tertiary/aromatic N) is 1. The van der Waals surface area contributed by atoms with Gasteiger partial charge in [-0.25, -0.2) is 0 Å². The predicted octanol–water partition coefficient (Wildman–Crippen LogP) is 3.57. The van der Waals surface area contributed by atoms with Crippen molar-refractivity contribution in [3.8, 4) is 0 Å². The lowest BCUT2D eigenvalue weighted by atomic mass is 10.0. The zero-order valence-electron chi connectivity index (χ0n) is 12.8. The molecule has 0 radical (unpaired) electrons. The quantitative estimate of drug-likeness (QED) is 0.909. The molecule has 0 aliphatic rings. The van der Waals surface area contributed by atoms with Gasteiger partial charge < -0.3 is 10.2 Å². The van der Waals surface area contributed by atoms with Gasteiger partial charge in [0.1, 0.15) is 0 Å². The predicted molar refractivity (Wildman–Crippen MR) is 88.7 cm³/mol. The van der Waals surface area contributed by atoms with Crippen LogP contribution in [0.15, 0.2) is 54.6 Å². The van der Waals surface area contributed by atoms with E-state index in [2.05, 4.69) is 17.4 Å². The maximum Gasteiger partial charge on any atom is 0.227 e. The number of carbonyl (C=O) groups excluding carboxylic acids is 1. The van der Waals surface area contributed by atoms with Crippen molar-refractivity contribution < 1.29 is 4.79 Å². The summed E-state index contributed by atoms with van der Waals surface area (Å²) in [7, 11) is 3.97. The first-order chi connectivity index (χ1) is 10.1. The minimum Gasteiger partial charge on any atom is -0.378 e. The zero-order valence-corrected chi connectivity index (χ0v) is 12.8. The maximum absolute atomic E-state index is 12.3. The highest BCUT2D eigenvalue weighted by Gasteiger charge is 2.13. The monoisotopic (exact) mass is 282 g/mol. The van der Waals surface area contributed by atoms with Crippen molar-refractivity contribution in [1.29, 1.82) is 0 Å². The van der Waals surface area contributed by atoms with E-state index in [1.54, 1.807) is 0 Å². The largest absolute Gasteiger partial charge is 0.378 e. The van der Waals surface area contributed by atoms with Crippen molar-refractivity contribution in [2.24, 2.45) is 5.92 Å². The number of hydrogen-bond acceptors (Lipinski definition) is 2. The van der Waals surface area contributed by atoms with Crippen molar-refractivity contribution in [3.63, 3.8) is 0 Å².